The van der Waals surface area contributed by atoms with Crippen LogP contribution in [0.5, 0.6) is 0 Å². The minimum absolute atomic E-state index is 0.279. The highest BCUT2D eigenvalue weighted by atomic mass is 35.5. The molecule has 3 rings (SSSR count). The predicted molar refractivity (Wildman–Crippen MR) is 109 cm³/mol. The van der Waals surface area contributed by atoms with Gasteiger partial charge in [0, 0.05) is 21.0 Å². The number of amides is 1. The van der Waals surface area contributed by atoms with Gasteiger partial charge < -0.3 is 5.32 Å². The molecule has 134 valence electrons. The Morgan fingerprint density at radius 3 is 2.96 bits per heavy atom. The molecule has 0 saturated carbocycles. The number of thiophene rings is 1. The highest BCUT2D eigenvalue weighted by molar-refractivity contribution is 7.16. The third-order valence-electron chi connectivity index (χ3n) is 4.67. The first-order chi connectivity index (χ1) is 12.5. The van der Waals surface area contributed by atoms with Gasteiger partial charge in [-0.2, -0.15) is 5.26 Å². The Labute approximate surface area is 167 Å². The standard InChI is InChI=1S/C20H18Cl2N2OS/c1-2-12-3-7-15-16(11-23)20(26-18(15)9-12)24-19(25)8-5-13-4-6-14(21)10-17(13)22/h4-6,8,10,12H,2-3,7,9H2,1H3,(H,24,25)/b8-5+. The van der Waals surface area contributed by atoms with Gasteiger partial charge in [0.15, 0.2) is 0 Å². The van der Waals surface area contributed by atoms with Crippen molar-refractivity contribution in [2.75, 3.05) is 5.32 Å². The van der Waals surface area contributed by atoms with Crippen LogP contribution in [-0.2, 0) is 17.6 Å². The van der Waals surface area contributed by atoms with E-state index in [2.05, 4.69) is 18.3 Å². The minimum Gasteiger partial charge on any atom is -0.313 e. The van der Waals surface area contributed by atoms with Gasteiger partial charge >= 0.3 is 0 Å². The first kappa shape index (κ1) is 19.0. The van der Waals surface area contributed by atoms with Crippen LogP contribution in [-0.4, -0.2) is 5.91 Å². The fraction of sp³-hybridized carbons (Fsp3) is 0.300. The number of carbonyl (C=O) groups is 1. The summed E-state index contributed by atoms with van der Waals surface area (Å²) >= 11 is 13.5. The van der Waals surface area contributed by atoms with Crippen LogP contribution in [0.15, 0.2) is 24.3 Å². The van der Waals surface area contributed by atoms with Crippen molar-refractivity contribution in [1.29, 1.82) is 5.26 Å². The van der Waals surface area contributed by atoms with Crippen LogP contribution >= 0.6 is 34.5 Å². The summed E-state index contributed by atoms with van der Waals surface area (Å²) in [5.74, 6) is 0.390. The van der Waals surface area contributed by atoms with E-state index in [1.165, 1.54) is 22.3 Å². The molecule has 1 aliphatic carbocycles. The number of rotatable bonds is 4. The molecule has 0 spiro atoms. The van der Waals surface area contributed by atoms with E-state index in [0.29, 0.717) is 32.1 Å². The molecule has 0 fully saturated rings. The zero-order valence-corrected chi connectivity index (χ0v) is 16.6. The summed E-state index contributed by atoms with van der Waals surface area (Å²) in [6.45, 7) is 2.20. The lowest BCUT2D eigenvalue weighted by Gasteiger charge is -2.20. The van der Waals surface area contributed by atoms with Crippen molar-refractivity contribution >= 4 is 51.5 Å². The Kier molecular flexibility index (Phi) is 6.03. The number of nitriles is 1. The van der Waals surface area contributed by atoms with Gasteiger partial charge in [0.05, 0.1) is 5.56 Å². The molecule has 1 aromatic carbocycles. The van der Waals surface area contributed by atoms with Gasteiger partial charge in [0.2, 0.25) is 5.91 Å². The summed E-state index contributed by atoms with van der Waals surface area (Å²) in [5, 5.41) is 14.1. The number of hydrogen-bond acceptors (Lipinski definition) is 3. The largest absolute Gasteiger partial charge is 0.313 e. The van der Waals surface area contributed by atoms with E-state index >= 15 is 0 Å². The Hall–Kier alpha value is -1.80. The summed E-state index contributed by atoms with van der Waals surface area (Å²) in [4.78, 5) is 13.5. The number of carbonyl (C=O) groups excluding carboxylic acids is 1. The molecule has 1 unspecified atom stereocenters. The molecule has 1 N–H and O–H groups in total. The molecule has 1 amide bonds. The van der Waals surface area contributed by atoms with Crippen molar-refractivity contribution in [2.24, 2.45) is 5.92 Å². The molecular weight excluding hydrogens is 387 g/mol. The van der Waals surface area contributed by atoms with E-state index < -0.39 is 0 Å². The highest BCUT2D eigenvalue weighted by Crippen LogP contribution is 2.40. The zero-order chi connectivity index (χ0) is 18.7. The molecule has 1 atom stereocenters. The Morgan fingerprint density at radius 1 is 1.46 bits per heavy atom. The average Bonchev–Trinajstić information content (AvgIpc) is 2.96. The molecule has 2 aromatic rings. The van der Waals surface area contributed by atoms with Crippen LogP contribution in [0.1, 0.15) is 41.3 Å². The summed E-state index contributed by atoms with van der Waals surface area (Å²) in [7, 11) is 0. The quantitative estimate of drug-likeness (QED) is 0.626. The monoisotopic (exact) mass is 404 g/mol. The number of anilines is 1. The molecule has 0 bridgehead atoms. The summed E-state index contributed by atoms with van der Waals surface area (Å²) in [6, 6.07) is 7.37. The molecule has 0 saturated heterocycles. The number of fused-ring (bicyclic) bond motifs is 1. The minimum atomic E-state index is -0.279. The normalized spacial score (nSPS) is 16.3. The van der Waals surface area contributed by atoms with Crippen LogP contribution in [0.3, 0.4) is 0 Å². The first-order valence-corrected chi connectivity index (χ1v) is 10.1. The van der Waals surface area contributed by atoms with Crippen molar-refractivity contribution in [2.45, 2.75) is 32.6 Å². The number of nitrogens with zero attached hydrogens (tertiary/aromatic N) is 1. The number of halogens is 2. The van der Waals surface area contributed by atoms with Crippen LogP contribution in [0.4, 0.5) is 5.00 Å². The third-order valence-corrected chi connectivity index (χ3v) is 6.40. The maximum absolute atomic E-state index is 12.3. The molecular formula is C20H18Cl2N2OS. The van der Waals surface area contributed by atoms with Crippen LogP contribution < -0.4 is 5.32 Å². The van der Waals surface area contributed by atoms with Gasteiger partial charge in [-0.1, -0.05) is 42.6 Å². The maximum atomic E-state index is 12.3. The lowest BCUT2D eigenvalue weighted by atomic mass is 9.86. The fourth-order valence-corrected chi connectivity index (χ4v) is 4.95. The highest BCUT2D eigenvalue weighted by Gasteiger charge is 2.25. The van der Waals surface area contributed by atoms with Gasteiger partial charge in [-0.25, -0.2) is 0 Å². The van der Waals surface area contributed by atoms with E-state index in [0.717, 1.165) is 31.2 Å². The second kappa shape index (κ2) is 8.26. The Morgan fingerprint density at radius 2 is 2.27 bits per heavy atom. The average molecular weight is 405 g/mol. The summed E-state index contributed by atoms with van der Waals surface area (Å²) in [5.41, 5.74) is 2.44. The molecule has 26 heavy (non-hydrogen) atoms. The molecule has 0 aliphatic heterocycles. The topological polar surface area (TPSA) is 52.9 Å². The van der Waals surface area contributed by atoms with Gasteiger partial charge in [-0.3, -0.25) is 4.79 Å². The van der Waals surface area contributed by atoms with Crippen molar-refractivity contribution < 1.29 is 4.79 Å². The van der Waals surface area contributed by atoms with Crippen LogP contribution in [0.25, 0.3) is 6.08 Å². The predicted octanol–water partition coefficient (Wildman–Crippen LogP) is 6.09. The first-order valence-electron chi connectivity index (χ1n) is 8.50. The molecule has 1 aromatic heterocycles. The molecule has 1 aliphatic rings. The fourth-order valence-electron chi connectivity index (χ4n) is 3.16. The number of hydrogen-bond donors (Lipinski definition) is 1. The second-order valence-electron chi connectivity index (χ2n) is 6.33. The van der Waals surface area contributed by atoms with Crippen molar-refractivity contribution in [3.63, 3.8) is 0 Å². The van der Waals surface area contributed by atoms with Gasteiger partial charge in [-0.05, 0) is 54.5 Å². The second-order valence-corrected chi connectivity index (χ2v) is 8.27. The third kappa shape index (κ3) is 4.12. The van der Waals surface area contributed by atoms with Gasteiger partial charge in [0.1, 0.15) is 11.1 Å². The van der Waals surface area contributed by atoms with Crippen molar-refractivity contribution in [1.82, 2.24) is 0 Å². The lowest BCUT2D eigenvalue weighted by molar-refractivity contribution is -0.111. The summed E-state index contributed by atoms with van der Waals surface area (Å²) in [6.07, 6.45) is 7.23. The maximum Gasteiger partial charge on any atom is 0.249 e. The van der Waals surface area contributed by atoms with Gasteiger partial charge in [-0.15, -0.1) is 11.3 Å². The van der Waals surface area contributed by atoms with Gasteiger partial charge in [0.25, 0.3) is 0 Å². The van der Waals surface area contributed by atoms with Crippen LogP contribution in [0.2, 0.25) is 10.0 Å². The molecule has 1 heterocycles. The van der Waals surface area contributed by atoms with E-state index in [-0.39, 0.29) is 5.91 Å². The Balaban J connectivity index is 1.76. The van der Waals surface area contributed by atoms with E-state index in [1.54, 1.807) is 24.3 Å². The van der Waals surface area contributed by atoms with E-state index in [1.807, 2.05) is 0 Å². The summed E-state index contributed by atoms with van der Waals surface area (Å²) < 4.78 is 0. The van der Waals surface area contributed by atoms with E-state index in [4.69, 9.17) is 23.2 Å². The molecule has 6 heteroatoms. The van der Waals surface area contributed by atoms with Crippen LogP contribution in [0, 0.1) is 17.2 Å². The lowest BCUT2D eigenvalue weighted by Crippen LogP contribution is -2.12. The number of benzene rings is 1. The molecule has 0 radical (unpaired) electrons. The molecule has 3 nitrogen and oxygen atoms in total. The van der Waals surface area contributed by atoms with Crippen molar-refractivity contribution in [3.05, 3.63) is 55.9 Å². The zero-order valence-electron chi connectivity index (χ0n) is 14.3. The van der Waals surface area contributed by atoms with Crippen molar-refractivity contribution in [3.8, 4) is 6.07 Å². The number of nitrogens with one attached hydrogen (secondary N) is 1. The van der Waals surface area contributed by atoms with E-state index in [9.17, 15) is 10.1 Å². The Bertz CT molecular complexity index is 911. The smallest absolute Gasteiger partial charge is 0.249 e. The SMILES string of the molecule is CCC1CCc2c(sc(NC(=O)/C=C/c3ccc(Cl)cc3Cl)c2C#N)C1.